The number of carboxylic acids is 1. The quantitative estimate of drug-likeness (QED) is 0.784. The number of carbonyl (C=O) groups is 2. The third-order valence-electron chi connectivity index (χ3n) is 3.12. The number of carboxylic acid groups (broad SMARTS) is 1. The Bertz CT molecular complexity index is 357. The summed E-state index contributed by atoms with van der Waals surface area (Å²) < 4.78 is 0. The molecular weight excluding hydrogens is 220 g/mol. The van der Waals surface area contributed by atoms with Gasteiger partial charge in [-0.25, -0.2) is 4.79 Å². The fourth-order valence-corrected chi connectivity index (χ4v) is 2.02. The summed E-state index contributed by atoms with van der Waals surface area (Å²) in [5, 5.41) is 17.8. The van der Waals surface area contributed by atoms with Crippen LogP contribution in [0.4, 0.5) is 0 Å². The van der Waals surface area contributed by atoms with Crippen LogP contribution in [-0.4, -0.2) is 34.5 Å². The highest BCUT2D eigenvalue weighted by Crippen LogP contribution is 2.24. The first kappa shape index (κ1) is 13.5. The van der Waals surface area contributed by atoms with Crippen LogP contribution in [0.1, 0.15) is 39.5 Å². The lowest BCUT2D eigenvalue weighted by molar-refractivity contribution is -0.146. The molecule has 0 aromatic carbocycles. The van der Waals surface area contributed by atoms with Crippen LogP contribution < -0.4 is 0 Å². The maximum Gasteiger partial charge on any atom is 0.326 e. The number of carbonyl (C=O) groups excluding carboxylic acids is 1. The molecule has 0 bridgehead atoms. The molecule has 0 aromatic heterocycles. The Morgan fingerprint density at radius 1 is 1.65 bits per heavy atom. The van der Waals surface area contributed by atoms with Gasteiger partial charge in [0.15, 0.2) is 0 Å². The third kappa shape index (κ3) is 3.45. The van der Waals surface area contributed by atoms with Crippen LogP contribution in [0.2, 0.25) is 0 Å². The van der Waals surface area contributed by atoms with Crippen LogP contribution in [0.15, 0.2) is 0 Å². The summed E-state index contributed by atoms with van der Waals surface area (Å²) in [7, 11) is 0. The van der Waals surface area contributed by atoms with Crippen LogP contribution in [-0.2, 0) is 9.59 Å². The Balaban J connectivity index is 2.48. The van der Waals surface area contributed by atoms with Crippen LogP contribution in [0, 0.1) is 16.7 Å². The van der Waals surface area contributed by atoms with Crippen molar-refractivity contribution in [2.24, 2.45) is 5.41 Å². The first-order chi connectivity index (χ1) is 7.87. The molecule has 1 aliphatic rings. The molecule has 0 saturated carbocycles. The third-order valence-corrected chi connectivity index (χ3v) is 3.12. The second-order valence-corrected chi connectivity index (χ2v) is 5.08. The highest BCUT2D eigenvalue weighted by Gasteiger charge is 2.35. The SMILES string of the molecule is CC(C)(C#N)CCCN1C(=O)CCC1C(=O)O. The smallest absolute Gasteiger partial charge is 0.326 e. The zero-order valence-corrected chi connectivity index (χ0v) is 10.3. The van der Waals surface area contributed by atoms with Gasteiger partial charge in [0.05, 0.1) is 11.5 Å². The largest absolute Gasteiger partial charge is 0.480 e. The van der Waals surface area contributed by atoms with Gasteiger partial charge in [0.25, 0.3) is 0 Å². The molecule has 1 aliphatic heterocycles. The summed E-state index contributed by atoms with van der Waals surface area (Å²) in [5.41, 5.74) is -0.415. The van der Waals surface area contributed by atoms with Crippen molar-refractivity contribution in [3.63, 3.8) is 0 Å². The molecule has 1 heterocycles. The van der Waals surface area contributed by atoms with Crippen molar-refractivity contribution in [2.75, 3.05) is 6.54 Å². The molecule has 1 fully saturated rings. The number of hydrogen-bond donors (Lipinski definition) is 1. The number of aliphatic carboxylic acids is 1. The van der Waals surface area contributed by atoms with E-state index in [-0.39, 0.29) is 5.91 Å². The molecule has 5 nitrogen and oxygen atoms in total. The molecule has 17 heavy (non-hydrogen) atoms. The van der Waals surface area contributed by atoms with Crippen molar-refractivity contribution in [1.82, 2.24) is 4.90 Å². The normalized spacial score (nSPS) is 20.4. The van der Waals surface area contributed by atoms with Gasteiger partial charge in [0.2, 0.25) is 5.91 Å². The maximum atomic E-state index is 11.5. The second-order valence-electron chi connectivity index (χ2n) is 5.08. The monoisotopic (exact) mass is 238 g/mol. The molecule has 1 saturated heterocycles. The Labute approximate surface area is 101 Å². The molecule has 1 rings (SSSR count). The maximum absolute atomic E-state index is 11.5. The number of nitriles is 1. The Morgan fingerprint density at radius 3 is 2.82 bits per heavy atom. The van der Waals surface area contributed by atoms with Gasteiger partial charge in [-0.05, 0) is 33.1 Å². The van der Waals surface area contributed by atoms with Gasteiger partial charge < -0.3 is 10.0 Å². The van der Waals surface area contributed by atoms with Gasteiger partial charge in [-0.3, -0.25) is 4.79 Å². The summed E-state index contributed by atoms with van der Waals surface area (Å²) in [6, 6.07) is 1.52. The zero-order chi connectivity index (χ0) is 13.1. The Morgan fingerprint density at radius 2 is 2.29 bits per heavy atom. The van der Waals surface area contributed by atoms with Crippen LogP contribution >= 0.6 is 0 Å². The van der Waals surface area contributed by atoms with E-state index in [2.05, 4.69) is 6.07 Å². The van der Waals surface area contributed by atoms with Crippen LogP contribution in [0.5, 0.6) is 0 Å². The Hall–Kier alpha value is -1.57. The fraction of sp³-hybridized carbons (Fsp3) is 0.750. The zero-order valence-electron chi connectivity index (χ0n) is 10.3. The van der Waals surface area contributed by atoms with Gasteiger partial charge in [0, 0.05) is 13.0 Å². The number of likely N-dealkylation sites (tertiary alicyclic amines) is 1. The number of amides is 1. The van der Waals surface area contributed by atoms with E-state index in [1.165, 1.54) is 4.90 Å². The predicted octanol–water partition coefficient (Wildman–Crippen LogP) is 1.39. The van der Waals surface area contributed by atoms with Gasteiger partial charge in [-0.15, -0.1) is 0 Å². The summed E-state index contributed by atoms with van der Waals surface area (Å²) in [6.07, 6.45) is 2.05. The van der Waals surface area contributed by atoms with E-state index >= 15 is 0 Å². The summed E-state index contributed by atoms with van der Waals surface area (Å²) >= 11 is 0. The van der Waals surface area contributed by atoms with Crippen molar-refractivity contribution in [3.8, 4) is 6.07 Å². The van der Waals surface area contributed by atoms with Gasteiger partial charge >= 0.3 is 5.97 Å². The van der Waals surface area contributed by atoms with E-state index in [0.29, 0.717) is 32.2 Å². The van der Waals surface area contributed by atoms with Crippen molar-refractivity contribution in [2.45, 2.75) is 45.6 Å². The average Bonchev–Trinajstić information content (AvgIpc) is 2.60. The second kappa shape index (κ2) is 5.17. The first-order valence-corrected chi connectivity index (χ1v) is 5.81. The molecule has 1 unspecified atom stereocenters. The van der Waals surface area contributed by atoms with E-state index in [1.807, 2.05) is 13.8 Å². The fourth-order valence-electron chi connectivity index (χ4n) is 2.02. The summed E-state index contributed by atoms with van der Waals surface area (Å²) in [6.45, 7) is 4.11. The molecule has 0 radical (unpaired) electrons. The van der Waals surface area contributed by atoms with E-state index < -0.39 is 17.4 Å². The molecule has 0 aliphatic carbocycles. The lowest BCUT2D eigenvalue weighted by atomic mass is 9.90. The summed E-state index contributed by atoms with van der Waals surface area (Å²) in [5.74, 6) is -1.03. The number of rotatable bonds is 5. The molecule has 0 spiro atoms. The molecule has 1 N–H and O–H groups in total. The molecule has 1 amide bonds. The molecular formula is C12H18N2O3. The van der Waals surface area contributed by atoms with Crippen LogP contribution in [0.25, 0.3) is 0 Å². The molecule has 1 atom stereocenters. The van der Waals surface area contributed by atoms with E-state index in [1.54, 1.807) is 0 Å². The van der Waals surface area contributed by atoms with Crippen molar-refractivity contribution >= 4 is 11.9 Å². The highest BCUT2D eigenvalue weighted by molar-refractivity contribution is 5.87. The average molecular weight is 238 g/mol. The van der Waals surface area contributed by atoms with E-state index in [9.17, 15) is 9.59 Å². The lowest BCUT2D eigenvalue weighted by Gasteiger charge is -2.23. The van der Waals surface area contributed by atoms with Gasteiger partial charge in [-0.1, -0.05) is 0 Å². The first-order valence-electron chi connectivity index (χ1n) is 5.81. The minimum absolute atomic E-state index is 0.0906. The topological polar surface area (TPSA) is 81.4 Å². The molecule has 94 valence electrons. The van der Waals surface area contributed by atoms with Crippen molar-refractivity contribution in [3.05, 3.63) is 0 Å². The Kier molecular flexibility index (Phi) is 4.11. The van der Waals surface area contributed by atoms with E-state index in [4.69, 9.17) is 10.4 Å². The van der Waals surface area contributed by atoms with Gasteiger partial charge in [-0.2, -0.15) is 5.26 Å². The number of hydrogen-bond acceptors (Lipinski definition) is 3. The van der Waals surface area contributed by atoms with Crippen molar-refractivity contribution < 1.29 is 14.7 Å². The molecule has 5 heteroatoms. The van der Waals surface area contributed by atoms with Crippen LogP contribution in [0.3, 0.4) is 0 Å². The van der Waals surface area contributed by atoms with Crippen molar-refractivity contribution in [1.29, 1.82) is 5.26 Å². The lowest BCUT2D eigenvalue weighted by Crippen LogP contribution is -2.39. The summed E-state index contributed by atoms with van der Waals surface area (Å²) in [4.78, 5) is 23.9. The standard InChI is InChI=1S/C12H18N2O3/c1-12(2,8-13)6-3-7-14-9(11(16)17)4-5-10(14)15/h9H,3-7H2,1-2H3,(H,16,17). The van der Waals surface area contributed by atoms with E-state index in [0.717, 1.165) is 0 Å². The predicted molar refractivity (Wildman–Crippen MR) is 61.0 cm³/mol. The molecule has 0 aromatic rings. The number of nitrogens with zero attached hydrogens (tertiary/aromatic N) is 2. The minimum atomic E-state index is -0.935. The minimum Gasteiger partial charge on any atom is -0.480 e. The highest BCUT2D eigenvalue weighted by atomic mass is 16.4. The van der Waals surface area contributed by atoms with Gasteiger partial charge in [0.1, 0.15) is 6.04 Å².